The molecule has 1 N–H and O–H groups in total. The maximum absolute atomic E-state index is 9.23. The van der Waals surface area contributed by atoms with Crippen molar-refractivity contribution in [2.45, 2.75) is 51.4 Å². The highest BCUT2D eigenvalue weighted by Crippen LogP contribution is 2.30. The smallest absolute Gasteiger partial charge is 0.107 e. The molecular weight excluding hydrogens is 204 g/mol. The fourth-order valence-corrected chi connectivity index (χ4v) is 1.99. The fraction of sp³-hybridized carbons (Fsp3) is 0.846. The van der Waals surface area contributed by atoms with Crippen molar-refractivity contribution in [2.75, 3.05) is 13.2 Å². The molecule has 1 aliphatic heterocycles. The molecule has 1 fully saturated rings. The fourth-order valence-electron chi connectivity index (χ4n) is 1.99. The van der Waals surface area contributed by atoms with Gasteiger partial charge in [0.2, 0.25) is 0 Å². The van der Waals surface area contributed by atoms with E-state index in [1.165, 1.54) is 0 Å². The van der Waals surface area contributed by atoms with Crippen molar-refractivity contribution in [3.05, 3.63) is 0 Å². The van der Waals surface area contributed by atoms with Crippen LogP contribution in [0.5, 0.6) is 0 Å². The predicted molar refractivity (Wildman–Crippen MR) is 63.0 cm³/mol. The summed E-state index contributed by atoms with van der Waals surface area (Å²) in [4.78, 5) is 0. The van der Waals surface area contributed by atoms with Crippen LogP contribution in [0.1, 0.15) is 33.6 Å². The average molecular weight is 226 g/mol. The quantitative estimate of drug-likeness (QED) is 0.740. The van der Waals surface area contributed by atoms with Gasteiger partial charge in [0.25, 0.3) is 0 Å². The first-order chi connectivity index (χ1) is 7.48. The lowest BCUT2D eigenvalue weighted by molar-refractivity contribution is -0.108. The molecule has 0 amide bonds. The second-order valence-electron chi connectivity index (χ2n) is 5.25. The largest absolute Gasteiger partial charge is 0.394 e. The van der Waals surface area contributed by atoms with Crippen molar-refractivity contribution in [2.24, 2.45) is 5.92 Å². The van der Waals surface area contributed by atoms with Gasteiger partial charge in [0, 0.05) is 12.3 Å². The molecule has 0 aromatic carbocycles. The molecule has 1 rings (SSSR count). The zero-order valence-corrected chi connectivity index (χ0v) is 10.4. The van der Waals surface area contributed by atoms with E-state index in [9.17, 15) is 5.11 Å². The van der Waals surface area contributed by atoms with Crippen LogP contribution in [-0.2, 0) is 9.47 Å². The predicted octanol–water partition coefficient (Wildman–Crippen LogP) is 1.59. The topological polar surface area (TPSA) is 38.7 Å². The van der Waals surface area contributed by atoms with Crippen LogP contribution in [0.15, 0.2) is 0 Å². The summed E-state index contributed by atoms with van der Waals surface area (Å²) in [7, 11) is 0. The first kappa shape index (κ1) is 13.5. The summed E-state index contributed by atoms with van der Waals surface area (Å²) in [5.74, 6) is 2.94. The maximum atomic E-state index is 9.23. The first-order valence-corrected chi connectivity index (χ1v) is 5.81. The van der Waals surface area contributed by atoms with Crippen molar-refractivity contribution in [1.82, 2.24) is 0 Å². The summed E-state index contributed by atoms with van der Waals surface area (Å²) >= 11 is 0. The van der Waals surface area contributed by atoms with Crippen molar-refractivity contribution >= 4 is 0 Å². The Kier molecular flexibility index (Phi) is 4.79. The third-order valence-electron chi connectivity index (χ3n) is 2.68. The van der Waals surface area contributed by atoms with Crippen LogP contribution in [0, 0.1) is 18.3 Å². The Labute approximate surface area is 98.1 Å². The second kappa shape index (κ2) is 5.67. The van der Waals surface area contributed by atoms with Gasteiger partial charge in [-0.15, -0.1) is 12.3 Å². The van der Waals surface area contributed by atoms with Crippen molar-refractivity contribution < 1.29 is 14.6 Å². The standard InChI is InChI=1S/C13H22O3/c1-5-6-7-10-9-15-11(8-14)12(10)16-13(2,3)4/h1,10-12,14H,6-9H2,2-4H3/t10-,11-,12?/m1/s1. The molecule has 16 heavy (non-hydrogen) atoms. The minimum atomic E-state index is -0.222. The zero-order valence-electron chi connectivity index (χ0n) is 10.4. The summed E-state index contributed by atoms with van der Waals surface area (Å²) < 4.78 is 11.5. The number of rotatable bonds is 4. The van der Waals surface area contributed by atoms with E-state index in [2.05, 4.69) is 5.92 Å². The van der Waals surface area contributed by atoms with Gasteiger partial charge in [-0.25, -0.2) is 0 Å². The minimum absolute atomic E-state index is 0.00724. The van der Waals surface area contributed by atoms with Crippen LogP contribution in [0.4, 0.5) is 0 Å². The highest BCUT2D eigenvalue weighted by Gasteiger charge is 2.39. The molecule has 1 heterocycles. The van der Waals surface area contributed by atoms with Crippen LogP contribution in [0.2, 0.25) is 0 Å². The molecule has 1 aliphatic rings. The molecule has 0 bridgehead atoms. The van der Waals surface area contributed by atoms with Gasteiger partial charge in [-0.05, 0) is 27.2 Å². The Morgan fingerprint density at radius 1 is 1.50 bits per heavy atom. The molecule has 92 valence electrons. The van der Waals surface area contributed by atoms with E-state index >= 15 is 0 Å². The lowest BCUT2D eigenvalue weighted by Gasteiger charge is -2.30. The van der Waals surface area contributed by atoms with E-state index in [0.717, 1.165) is 12.8 Å². The second-order valence-corrected chi connectivity index (χ2v) is 5.25. The molecule has 0 aromatic rings. The average Bonchev–Trinajstić information content (AvgIpc) is 2.55. The van der Waals surface area contributed by atoms with Gasteiger partial charge in [-0.1, -0.05) is 0 Å². The summed E-state index contributed by atoms with van der Waals surface area (Å²) in [5.41, 5.74) is -0.222. The van der Waals surface area contributed by atoms with Gasteiger partial charge in [-0.3, -0.25) is 0 Å². The SMILES string of the molecule is C#CCC[C@@H]1CO[C@H](CO)C1OC(C)(C)C. The molecule has 3 nitrogen and oxygen atoms in total. The lowest BCUT2D eigenvalue weighted by atomic mass is 9.96. The van der Waals surface area contributed by atoms with E-state index in [0.29, 0.717) is 12.5 Å². The van der Waals surface area contributed by atoms with Crippen molar-refractivity contribution in [3.8, 4) is 12.3 Å². The van der Waals surface area contributed by atoms with Crippen molar-refractivity contribution in [3.63, 3.8) is 0 Å². The van der Waals surface area contributed by atoms with Crippen molar-refractivity contribution in [1.29, 1.82) is 0 Å². The molecule has 0 spiro atoms. The van der Waals surface area contributed by atoms with E-state index in [1.807, 2.05) is 20.8 Å². The van der Waals surface area contributed by atoms with E-state index < -0.39 is 0 Å². The number of hydrogen-bond donors (Lipinski definition) is 1. The molecule has 3 heteroatoms. The van der Waals surface area contributed by atoms with E-state index in [4.69, 9.17) is 15.9 Å². The highest BCUT2D eigenvalue weighted by molar-refractivity contribution is 4.91. The molecule has 0 aromatic heterocycles. The number of ether oxygens (including phenoxy) is 2. The summed E-state index contributed by atoms with van der Waals surface area (Å²) in [6.07, 6.45) is 6.64. The van der Waals surface area contributed by atoms with E-state index in [-0.39, 0.29) is 24.4 Å². The molecule has 1 unspecified atom stereocenters. The Bertz CT molecular complexity index is 249. The summed E-state index contributed by atoms with van der Waals surface area (Å²) in [6, 6.07) is 0. The Hall–Kier alpha value is -0.560. The highest BCUT2D eigenvalue weighted by atomic mass is 16.6. The Balaban J connectivity index is 2.60. The van der Waals surface area contributed by atoms with Crippen LogP contribution < -0.4 is 0 Å². The monoisotopic (exact) mass is 226 g/mol. The molecule has 0 radical (unpaired) electrons. The first-order valence-electron chi connectivity index (χ1n) is 5.81. The summed E-state index contributed by atoms with van der Waals surface area (Å²) in [5, 5.41) is 9.23. The van der Waals surface area contributed by atoms with Crippen LogP contribution >= 0.6 is 0 Å². The van der Waals surface area contributed by atoms with Gasteiger partial charge in [-0.2, -0.15) is 0 Å². The third-order valence-corrected chi connectivity index (χ3v) is 2.68. The molecule has 3 atom stereocenters. The van der Waals surface area contributed by atoms with Gasteiger partial charge >= 0.3 is 0 Å². The number of terminal acetylenes is 1. The third kappa shape index (κ3) is 3.79. The van der Waals surface area contributed by atoms with Crippen LogP contribution in [0.3, 0.4) is 0 Å². The van der Waals surface area contributed by atoms with Gasteiger partial charge < -0.3 is 14.6 Å². The Morgan fingerprint density at radius 3 is 2.69 bits per heavy atom. The molecule has 0 saturated carbocycles. The Morgan fingerprint density at radius 2 is 2.19 bits per heavy atom. The van der Waals surface area contributed by atoms with Crippen LogP contribution in [0.25, 0.3) is 0 Å². The van der Waals surface area contributed by atoms with E-state index in [1.54, 1.807) is 0 Å². The number of hydrogen-bond acceptors (Lipinski definition) is 3. The normalized spacial score (nSPS) is 30.3. The molecule has 1 saturated heterocycles. The maximum Gasteiger partial charge on any atom is 0.107 e. The van der Waals surface area contributed by atoms with Gasteiger partial charge in [0.1, 0.15) is 6.10 Å². The molecule has 0 aliphatic carbocycles. The number of aliphatic hydroxyl groups excluding tert-OH is 1. The van der Waals surface area contributed by atoms with Crippen LogP contribution in [-0.4, -0.2) is 36.1 Å². The van der Waals surface area contributed by atoms with Gasteiger partial charge in [0.05, 0.1) is 24.9 Å². The minimum Gasteiger partial charge on any atom is -0.394 e. The zero-order chi connectivity index (χ0) is 12.2. The number of aliphatic hydroxyl groups is 1. The molecular formula is C13H22O3. The van der Waals surface area contributed by atoms with Gasteiger partial charge in [0.15, 0.2) is 0 Å². The summed E-state index contributed by atoms with van der Waals surface area (Å²) in [6.45, 7) is 6.68. The lowest BCUT2D eigenvalue weighted by Crippen LogP contribution is -2.38.